The molecule has 2 amide bonds. The maximum atomic E-state index is 12.5. The smallest absolute Gasteiger partial charge is 0.251 e. The SMILES string of the molecule is O=C([C@@H]1CCCO1)N1CCC2(CC(=O)N(c3ccsc3)C2)C1. The molecule has 3 fully saturated rings. The number of ether oxygens (including phenoxy) is 1. The maximum Gasteiger partial charge on any atom is 0.251 e. The van der Waals surface area contributed by atoms with E-state index in [1.807, 2.05) is 26.6 Å². The first-order valence-electron chi connectivity index (χ1n) is 7.90. The summed E-state index contributed by atoms with van der Waals surface area (Å²) in [5.74, 6) is 0.306. The Labute approximate surface area is 133 Å². The Morgan fingerprint density at radius 3 is 3.05 bits per heavy atom. The van der Waals surface area contributed by atoms with Crippen LogP contribution in [0.3, 0.4) is 0 Å². The fourth-order valence-electron chi connectivity index (χ4n) is 3.91. The molecule has 1 spiro atoms. The molecule has 1 aromatic rings. The number of hydrogen-bond donors (Lipinski definition) is 0. The van der Waals surface area contributed by atoms with Crippen LogP contribution in [-0.2, 0) is 14.3 Å². The molecule has 0 aliphatic carbocycles. The number of rotatable bonds is 2. The first-order valence-corrected chi connectivity index (χ1v) is 8.84. The highest BCUT2D eigenvalue weighted by atomic mass is 32.1. The normalized spacial score (nSPS) is 31.6. The highest BCUT2D eigenvalue weighted by Gasteiger charge is 2.49. The van der Waals surface area contributed by atoms with Crippen molar-refractivity contribution in [3.63, 3.8) is 0 Å². The topological polar surface area (TPSA) is 49.9 Å². The number of hydrogen-bond acceptors (Lipinski definition) is 4. The molecule has 3 saturated heterocycles. The zero-order valence-corrected chi connectivity index (χ0v) is 13.3. The van der Waals surface area contributed by atoms with Gasteiger partial charge >= 0.3 is 0 Å². The quantitative estimate of drug-likeness (QED) is 0.836. The summed E-state index contributed by atoms with van der Waals surface area (Å²) in [6.45, 7) is 2.87. The van der Waals surface area contributed by atoms with Gasteiger partial charge in [0.25, 0.3) is 5.91 Å². The van der Waals surface area contributed by atoms with Crippen molar-refractivity contribution in [3.05, 3.63) is 16.8 Å². The Morgan fingerprint density at radius 1 is 1.41 bits per heavy atom. The van der Waals surface area contributed by atoms with Gasteiger partial charge < -0.3 is 14.5 Å². The number of thiophene rings is 1. The third-order valence-corrected chi connectivity index (χ3v) is 5.76. The summed E-state index contributed by atoms with van der Waals surface area (Å²) in [6, 6.07) is 1.99. The van der Waals surface area contributed by atoms with Crippen LogP contribution in [0.5, 0.6) is 0 Å². The first kappa shape index (κ1) is 14.2. The Morgan fingerprint density at radius 2 is 2.32 bits per heavy atom. The Kier molecular flexibility index (Phi) is 3.46. The van der Waals surface area contributed by atoms with Crippen LogP contribution in [0, 0.1) is 5.41 Å². The van der Waals surface area contributed by atoms with Crippen molar-refractivity contribution in [2.75, 3.05) is 31.1 Å². The van der Waals surface area contributed by atoms with Crippen molar-refractivity contribution >= 4 is 28.8 Å². The molecular weight excluding hydrogens is 300 g/mol. The summed E-state index contributed by atoms with van der Waals surface area (Å²) in [5.41, 5.74) is 0.934. The van der Waals surface area contributed by atoms with E-state index in [0.29, 0.717) is 19.6 Å². The Balaban J connectivity index is 1.46. The molecule has 1 aromatic heterocycles. The molecule has 0 aromatic carbocycles. The lowest BCUT2D eigenvalue weighted by atomic mass is 9.86. The van der Waals surface area contributed by atoms with E-state index in [0.717, 1.165) is 38.0 Å². The third kappa shape index (κ3) is 2.34. The summed E-state index contributed by atoms with van der Waals surface area (Å²) < 4.78 is 5.51. The van der Waals surface area contributed by atoms with Crippen LogP contribution in [0.15, 0.2) is 16.8 Å². The van der Waals surface area contributed by atoms with Gasteiger partial charge in [-0.2, -0.15) is 11.3 Å². The second kappa shape index (κ2) is 5.35. The van der Waals surface area contributed by atoms with Gasteiger partial charge in [0.05, 0.1) is 5.69 Å². The molecule has 3 aliphatic heterocycles. The van der Waals surface area contributed by atoms with Crippen LogP contribution in [-0.4, -0.2) is 49.1 Å². The monoisotopic (exact) mass is 320 g/mol. The average Bonchev–Trinajstić information content (AvgIpc) is 3.26. The van der Waals surface area contributed by atoms with E-state index in [9.17, 15) is 9.59 Å². The molecular formula is C16H20N2O3S. The van der Waals surface area contributed by atoms with Gasteiger partial charge in [-0.15, -0.1) is 0 Å². The van der Waals surface area contributed by atoms with Gasteiger partial charge in [-0.3, -0.25) is 9.59 Å². The molecule has 0 saturated carbocycles. The summed E-state index contributed by atoms with van der Waals surface area (Å²) >= 11 is 1.61. The first-order chi connectivity index (χ1) is 10.7. The standard InChI is InChI=1S/C16H20N2O3S/c19-14-8-16(11-18(14)12-3-7-22-9-12)4-5-17(10-16)15(20)13-2-1-6-21-13/h3,7,9,13H,1-2,4-6,8,10-11H2/t13-,16?/m0/s1. The number of carbonyl (C=O) groups is 2. The predicted molar refractivity (Wildman–Crippen MR) is 83.9 cm³/mol. The minimum Gasteiger partial charge on any atom is -0.368 e. The molecule has 3 aliphatic rings. The van der Waals surface area contributed by atoms with Gasteiger partial charge in [-0.1, -0.05) is 0 Å². The summed E-state index contributed by atoms with van der Waals surface area (Å²) in [7, 11) is 0. The lowest BCUT2D eigenvalue weighted by Gasteiger charge is -2.25. The van der Waals surface area contributed by atoms with Crippen LogP contribution >= 0.6 is 11.3 Å². The van der Waals surface area contributed by atoms with E-state index in [2.05, 4.69) is 0 Å². The molecule has 0 bridgehead atoms. The van der Waals surface area contributed by atoms with Gasteiger partial charge in [0.15, 0.2) is 0 Å². The molecule has 22 heavy (non-hydrogen) atoms. The van der Waals surface area contributed by atoms with Gasteiger partial charge in [0.2, 0.25) is 5.91 Å². The molecule has 4 heterocycles. The second-order valence-corrected chi connectivity index (χ2v) is 7.43. The van der Waals surface area contributed by atoms with Gasteiger partial charge in [-0.05, 0) is 30.7 Å². The lowest BCUT2D eigenvalue weighted by Crippen LogP contribution is -2.39. The van der Waals surface area contributed by atoms with Gasteiger partial charge in [0, 0.05) is 43.5 Å². The van der Waals surface area contributed by atoms with Crippen molar-refractivity contribution in [2.45, 2.75) is 31.8 Å². The summed E-state index contributed by atoms with van der Waals surface area (Å²) in [4.78, 5) is 28.7. The second-order valence-electron chi connectivity index (χ2n) is 6.65. The number of anilines is 1. The Bertz CT molecular complexity index is 582. The van der Waals surface area contributed by atoms with Crippen LogP contribution < -0.4 is 4.90 Å². The van der Waals surface area contributed by atoms with E-state index in [1.54, 1.807) is 11.3 Å². The minimum atomic E-state index is -0.250. The number of amides is 2. The van der Waals surface area contributed by atoms with Crippen molar-refractivity contribution in [1.29, 1.82) is 0 Å². The van der Waals surface area contributed by atoms with Crippen LogP contribution in [0.1, 0.15) is 25.7 Å². The zero-order valence-electron chi connectivity index (χ0n) is 12.5. The van der Waals surface area contributed by atoms with Crippen LogP contribution in [0.25, 0.3) is 0 Å². The van der Waals surface area contributed by atoms with Crippen LogP contribution in [0.4, 0.5) is 5.69 Å². The fraction of sp³-hybridized carbons (Fsp3) is 0.625. The minimum absolute atomic E-state index is 0.0622. The van der Waals surface area contributed by atoms with Crippen molar-refractivity contribution < 1.29 is 14.3 Å². The zero-order chi connectivity index (χ0) is 15.2. The van der Waals surface area contributed by atoms with Gasteiger partial charge in [0.1, 0.15) is 6.10 Å². The van der Waals surface area contributed by atoms with E-state index in [1.165, 1.54) is 0 Å². The summed E-state index contributed by atoms with van der Waals surface area (Å²) in [6.07, 6.45) is 3.03. The molecule has 5 nitrogen and oxygen atoms in total. The number of nitrogens with zero attached hydrogens (tertiary/aromatic N) is 2. The lowest BCUT2D eigenvalue weighted by molar-refractivity contribution is -0.140. The van der Waals surface area contributed by atoms with Crippen molar-refractivity contribution in [2.24, 2.45) is 5.41 Å². The van der Waals surface area contributed by atoms with E-state index in [4.69, 9.17) is 4.74 Å². The maximum absolute atomic E-state index is 12.5. The Hall–Kier alpha value is -1.40. The van der Waals surface area contributed by atoms with Crippen LogP contribution in [0.2, 0.25) is 0 Å². The van der Waals surface area contributed by atoms with Crippen molar-refractivity contribution in [3.8, 4) is 0 Å². The van der Waals surface area contributed by atoms with Crippen molar-refractivity contribution in [1.82, 2.24) is 4.90 Å². The van der Waals surface area contributed by atoms with Gasteiger partial charge in [-0.25, -0.2) is 0 Å². The molecule has 0 radical (unpaired) electrons. The average molecular weight is 320 g/mol. The molecule has 0 N–H and O–H groups in total. The van der Waals surface area contributed by atoms with E-state index < -0.39 is 0 Å². The molecule has 1 unspecified atom stereocenters. The third-order valence-electron chi connectivity index (χ3n) is 5.09. The largest absolute Gasteiger partial charge is 0.368 e. The number of carbonyl (C=O) groups excluding carboxylic acids is 2. The van der Waals surface area contributed by atoms with E-state index >= 15 is 0 Å². The highest BCUT2D eigenvalue weighted by Crippen LogP contribution is 2.42. The molecule has 4 rings (SSSR count). The summed E-state index contributed by atoms with van der Waals surface area (Å²) in [5, 5.41) is 4.01. The number of likely N-dealkylation sites (tertiary alicyclic amines) is 1. The molecule has 118 valence electrons. The molecule has 2 atom stereocenters. The molecule has 6 heteroatoms. The van der Waals surface area contributed by atoms with E-state index in [-0.39, 0.29) is 23.3 Å². The predicted octanol–water partition coefficient (Wildman–Crippen LogP) is 1.88. The highest BCUT2D eigenvalue weighted by molar-refractivity contribution is 7.08. The fourth-order valence-corrected chi connectivity index (χ4v) is 4.56.